The molecule has 1 aromatic heterocycles. The average molecular weight is 392 g/mol. The number of carbonyl (C=O) groups excluding carboxylic acids is 1. The Morgan fingerprint density at radius 3 is 2.48 bits per heavy atom. The summed E-state index contributed by atoms with van der Waals surface area (Å²) in [5.74, 6) is 1.87. The molecule has 1 amide bonds. The first kappa shape index (κ1) is 20.1. The van der Waals surface area contributed by atoms with E-state index in [1.807, 2.05) is 16.2 Å². The summed E-state index contributed by atoms with van der Waals surface area (Å²) in [6.45, 7) is 12.3. The summed E-state index contributed by atoms with van der Waals surface area (Å²) < 4.78 is 0. The van der Waals surface area contributed by atoms with Gasteiger partial charge in [-0.2, -0.15) is 0 Å². The largest absolute Gasteiger partial charge is 0.357 e. The van der Waals surface area contributed by atoms with Crippen molar-refractivity contribution in [1.82, 2.24) is 20.0 Å². The molecule has 2 saturated heterocycles. The molecule has 0 aromatic carbocycles. The van der Waals surface area contributed by atoms with Gasteiger partial charge in [0, 0.05) is 57.6 Å². The fraction of sp³-hybridized carbons (Fsp3) is 0.700. The van der Waals surface area contributed by atoms with E-state index in [1.165, 1.54) is 30.8 Å². The molecule has 7 heteroatoms. The molecule has 0 saturated carbocycles. The highest BCUT2D eigenvalue weighted by Gasteiger charge is 2.22. The van der Waals surface area contributed by atoms with Gasteiger partial charge in [0.1, 0.15) is 0 Å². The number of amides is 1. The van der Waals surface area contributed by atoms with Crippen LogP contribution in [0.1, 0.15) is 31.6 Å². The van der Waals surface area contributed by atoms with Crippen LogP contribution in [0.5, 0.6) is 0 Å². The third kappa shape index (κ3) is 5.94. The lowest BCUT2D eigenvalue weighted by atomic mass is 9.97. The van der Waals surface area contributed by atoms with E-state index in [9.17, 15) is 4.79 Å². The second-order valence-electron chi connectivity index (χ2n) is 7.49. The summed E-state index contributed by atoms with van der Waals surface area (Å²) >= 11 is 1.85. The minimum Gasteiger partial charge on any atom is -0.357 e. The number of piperazine rings is 1. The molecule has 1 aromatic rings. The molecule has 27 heavy (non-hydrogen) atoms. The van der Waals surface area contributed by atoms with E-state index in [0.29, 0.717) is 5.92 Å². The normalized spacial score (nSPS) is 20.1. The van der Waals surface area contributed by atoms with E-state index >= 15 is 0 Å². The Hall–Kier alpha value is -1.60. The average Bonchev–Trinajstić information content (AvgIpc) is 3.19. The molecule has 0 aliphatic carbocycles. The van der Waals surface area contributed by atoms with Gasteiger partial charge in [-0.25, -0.2) is 0 Å². The topological polar surface area (TPSA) is 51.2 Å². The number of nitrogens with one attached hydrogen (secondary N) is 1. The fourth-order valence-corrected chi connectivity index (χ4v) is 4.57. The summed E-state index contributed by atoms with van der Waals surface area (Å²) in [5, 5.41) is 5.60. The quantitative estimate of drug-likeness (QED) is 0.617. The number of likely N-dealkylation sites (tertiary alicyclic amines) is 1. The van der Waals surface area contributed by atoms with E-state index < -0.39 is 0 Å². The number of hydrogen-bond acceptors (Lipinski definition) is 4. The van der Waals surface area contributed by atoms with Crippen molar-refractivity contribution >= 4 is 23.2 Å². The molecule has 2 aliphatic rings. The second-order valence-corrected chi connectivity index (χ2v) is 8.52. The van der Waals surface area contributed by atoms with Crippen molar-refractivity contribution in [2.24, 2.45) is 10.9 Å². The zero-order chi connectivity index (χ0) is 19.1. The number of piperidine rings is 1. The molecule has 2 aliphatic heterocycles. The van der Waals surface area contributed by atoms with Gasteiger partial charge in [0.15, 0.2) is 5.96 Å². The summed E-state index contributed by atoms with van der Waals surface area (Å²) in [6.07, 6.45) is 2.46. The number of aliphatic imine (C=N–C) groups is 1. The maximum atomic E-state index is 11.5. The van der Waals surface area contributed by atoms with Gasteiger partial charge in [-0.05, 0) is 50.2 Å². The van der Waals surface area contributed by atoms with Crippen LogP contribution in [0, 0.1) is 5.92 Å². The second kappa shape index (κ2) is 10.1. The Kier molecular flexibility index (Phi) is 7.52. The van der Waals surface area contributed by atoms with E-state index in [-0.39, 0.29) is 5.91 Å². The lowest BCUT2D eigenvalue weighted by Crippen LogP contribution is -2.53. The molecule has 3 heterocycles. The van der Waals surface area contributed by atoms with Crippen LogP contribution in [-0.2, 0) is 11.3 Å². The third-order valence-corrected chi connectivity index (χ3v) is 6.39. The monoisotopic (exact) mass is 391 g/mol. The standard InChI is InChI=1S/C20H33N5OS/c1-3-21-20(25-12-10-24(11-13-25)17(2)26)22-15-18-6-8-23(9-7-18)16-19-5-4-14-27-19/h4-5,14,18H,3,6-13,15-16H2,1-2H3,(H,21,22). The maximum absolute atomic E-state index is 11.5. The maximum Gasteiger partial charge on any atom is 0.219 e. The van der Waals surface area contributed by atoms with E-state index in [1.54, 1.807) is 6.92 Å². The third-order valence-electron chi connectivity index (χ3n) is 5.53. The summed E-state index contributed by atoms with van der Waals surface area (Å²) in [5.41, 5.74) is 0. The molecule has 3 rings (SSSR count). The van der Waals surface area contributed by atoms with Crippen LogP contribution in [-0.4, -0.2) is 78.9 Å². The van der Waals surface area contributed by atoms with Crippen molar-refractivity contribution in [2.75, 3.05) is 52.4 Å². The molecule has 0 atom stereocenters. The zero-order valence-electron chi connectivity index (χ0n) is 16.7. The molecule has 0 bridgehead atoms. The van der Waals surface area contributed by atoms with E-state index in [0.717, 1.165) is 51.8 Å². The molecule has 6 nitrogen and oxygen atoms in total. The summed E-state index contributed by atoms with van der Waals surface area (Å²) in [7, 11) is 0. The molecule has 0 unspecified atom stereocenters. The lowest BCUT2D eigenvalue weighted by molar-refractivity contribution is -0.130. The molecular weight excluding hydrogens is 358 g/mol. The van der Waals surface area contributed by atoms with Crippen LogP contribution < -0.4 is 5.32 Å². The van der Waals surface area contributed by atoms with Crippen molar-refractivity contribution in [2.45, 2.75) is 33.2 Å². The molecule has 0 spiro atoms. The van der Waals surface area contributed by atoms with Gasteiger partial charge in [-0.3, -0.25) is 14.7 Å². The number of guanidine groups is 1. The number of thiophene rings is 1. The van der Waals surface area contributed by atoms with Gasteiger partial charge >= 0.3 is 0 Å². The predicted molar refractivity (Wildman–Crippen MR) is 112 cm³/mol. The van der Waals surface area contributed by atoms with Gasteiger partial charge in [-0.1, -0.05) is 6.07 Å². The van der Waals surface area contributed by atoms with Gasteiger partial charge in [0.05, 0.1) is 0 Å². The predicted octanol–water partition coefficient (Wildman–Crippen LogP) is 2.09. The molecular formula is C20H33N5OS. The Morgan fingerprint density at radius 2 is 1.89 bits per heavy atom. The highest BCUT2D eigenvalue weighted by atomic mass is 32.1. The Bertz CT molecular complexity index is 602. The number of hydrogen-bond donors (Lipinski definition) is 1. The van der Waals surface area contributed by atoms with Crippen LogP contribution in [0.3, 0.4) is 0 Å². The van der Waals surface area contributed by atoms with Crippen molar-refractivity contribution in [3.8, 4) is 0 Å². The van der Waals surface area contributed by atoms with Crippen molar-refractivity contribution in [3.63, 3.8) is 0 Å². The highest BCUT2D eigenvalue weighted by Crippen LogP contribution is 2.21. The van der Waals surface area contributed by atoms with Crippen LogP contribution in [0.4, 0.5) is 0 Å². The fourth-order valence-electron chi connectivity index (χ4n) is 3.82. The number of nitrogens with zero attached hydrogens (tertiary/aromatic N) is 4. The first-order valence-electron chi connectivity index (χ1n) is 10.2. The molecule has 2 fully saturated rings. The number of rotatable bonds is 5. The first-order chi connectivity index (χ1) is 13.2. The molecule has 1 N–H and O–H groups in total. The van der Waals surface area contributed by atoms with Gasteiger partial charge in [0.2, 0.25) is 5.91 Å². The minimum absolute atomic E-state index is 0.172. The van der Waals surface area contributed by atoms with E-state index in [4.69, 9.17) is 4.99 Å². The van der Waals surface area contributed by atoms with Gasteiger partial charge in [0.25, 0.3) is 0 Å². The zero-order valence-corrected chi connectivity index (χ0v) is 17.5. The van der Waals surface area contributed by atoms with E-state index in [2.05, 4.69) is 39.6 Å². The van der Waals surface area contributed by atoms with Crippen LogP contribution in [0.2, 0.25) is 0 Å². The summed E-state index contributed by atoms with van der Waals surface area (Å²) in [4.78, 5) is 24.7. The summed E-state index contributed by atoms with van der Waals surface area (Å²) in [6, 6.07) is 4.37. The van der Waals surface area contributed by atoms with Gasteiger partial charge in [-0.15, -0.1) is 11.3 Å². The van der Waals surface area contributed by atoms with Crippen LogP contribution >= 0.6 is 11.3 Å². The molecule has 150 valence electrons. The smallest absolute Gasteiger partial charge is 0.219 e. The Morgan fingerprint density at radius 1 is 1.19 bits per heavy atom. The lowest BCUT2D eigenvalue weighted by Gasteiger charge is -2.36. The SMILES string of the molecule is CCNC(=NCC1CCN(Cc2cccs2)CC1)N1CCN(C(C)=O)CC1. The number of carbonyl (C=O) groups is 1. The Balaban J connectivity index is 1.45. The highest BCUT2D eigenvalue weighted by molar-refractivity contribution is 7.09. The van der Waals surface area contributed by atoms with Gasteiger partial charge < -0.3 is 15.1 Å². The molecule has 0 radical (unpaired) electrons. The minimum atomic E-state index is 0.172. The van der Waals surface area contributed by atoms with Crippen molar-refractivity contribution in [1.29, 1.82) is 0 Å². The first-order valence-corrected chi connectivity index (χ1v) is 11.1. The van der Waals surface area contributed by atoms with Crippen LogP contribution in [0.15, 0.2) is 22.5 Å². The van der Waals surface area contributed by atoms with Crippen LogP contribution in [0.25, 0.3) is 0 Å². The Labute approximate surface area is 167 Å². The van der Waals surface area contributed by atoms with Crippen molar-refractivity contribution in [3.05, 3.63) is 22.4 Å². The van der Waals surface area contributed by atoms with Crippen molar-refractivity contribution < 1.29 is 4.79 Å².